The zero-order valence-corrected chi connectivity index (χ0v) is 10.3. The van der Waals surface area contributed by atoms with Gasteiger partial charge in [-0.05, 0) is 25.2 Å². The van der Waals surface area contributed by atoms with Crippen LogP contribution in [0.5, 0.6) is 0 Å². The summed E-state index contributed by atoms with van der Waals surface area (Å²) in [5.41, 5.74) is 0. The molecule has 0 saturated carbocycles. The molecule has 0 N–H and O–H groups in total. The first-order valence-corrected chi connectivity index (χ1v) is 7.68. The third-order valence-corrected chi connectivity index (χ3v) is 2.38. The van der Waals surface area contributed by atoms with E-state index in [0.717, 1.165) is 6.42 Å². The summed E-state index contributed by atoms with van der Waals surface area (Å²) >= 11 is 0. The minimum atomic E-state index is -2.59. The van der Waals surface area contributed by atoms with Gasteiger partial charge in [0.15, 0.2) is 0 Å². The Morgan fingerprint density at radius 3 is 2.21 bits per heavy atom. The molecule has 14 heavy (non-hydrogen) atoms. The van der Waals surface area contributed by atoms with Crippen molar-refractivity contribution in [2.24, 2.45) is 0 Å². The van der Waals surface area contributed by atoms with Crippen LogP contribution in [0.4, 0.5) is 8.78 Å². The molecule has 0 nitrogen and oxygen atoms in total. The normalized spacial score (nSPS) is 13.3. The second kappa shape index (κ2) is 5.60. The van der Waals surface area contributed by atoms with E-state index in [0.29, 0.717) is 6.42 Å². The maximum Gasteiger partial charge on any atom is 0.258 e. The third kappa shape index (κ3) is 8.37. The molecule has 0 radical (unpaired) electrons. The molecule has 0 aliphatic carbocycles. The molecule has 0 spiro atoms. The van der Waals surface area contributed by atoms with Gasteiger partial charge in [0.25, 0.3) is 5.92 Å². The topological polar surface area (TPSA) is 0 Å². The maximum atomic E-state index is 13.1. The first-order chi connectivity index (χ1) is 6.27. The quantitative estimate of drug-likeness (QED) is 0.634. The molecule has 0 aromatic heterocycles. The van der Waals surface area contributed by atoms with Gasteiger partial charge in [0.1, 0.15) is 0 Å². The van der Waals surface area contributed by atoms with E-state index in [2.05, 4.69) is 11.2 Å². The van der Waals surface area contributed by atoms with E-state index in [9.17, 15) is 8.78 Å². The van der Waals surface area contributed by atoms with E-state index in [1.165, 1.54) is 0 Å². The molecule has 0 heterocycles. The highest BCUT2D eigenvalue weighted by molar-refractivity contribution is 8.35. The van der Waals surface area contributed by atoms with Crippen molar-refractivity contribution in [1.82, 2.24) is 0 Å². The number of unbranched alkanes of at least 4 members (excludes halogenated alkanes) is 1. The summed E-state index contributed by atoms with van der Waals surface area (Å²) in [5.74, 6) is 0.0220. The Bertz CT molecular complexity index is 218. The Morgan fingerprint density at radius 1 is 1.21 bits per heavy atom. The zero-order chi connectivity index (χ0) is 11.2. The first-order valence-electron chi connectivity index (χ1n) is 4.82. The Morgan fingerprint density at radius 2 is 1.79 bits per heavy atom. The van der Waals surface area contributed by atoms with Crippen molar-refractivity contribution in [3.8, 4) is 11.2 Å². The Balaban J connectivity index is 4.02. The molecule has 0 rings (SSSR count). The minimum Gasteiger partial charge on any atom is -0.206 e. The molecule has 0 fully saturated rings. The fourth-order valence-corrected chi connectivity index (χ4v) is 1.41. The van der Waals surface area contributed by atoms with Crippen LogP contribution in [0.15, 0.2) is 0 Å². The highest BCUT2D eigenvalue weighted by atomic mass is 32.3. The smallest absolute Gasteiger partial charge is 0.206 e. The summed E-state index contributed by atoms with van der Waals surface area (Å²) in [7, 11) is -0.962. The monoisotopic (exact) mass is 222 g/mol. The van der Waals surface area contributed by atoms with E-state index in [1.807, 2.05) is 25.7 Å². The Kier molecular flexibility index (Phi) is 5.51. The average Bonchev–Trinajstić information content (AvgIpc) is 1.98. The van der Waals surface area contributed by atoms with Gasteiger partial charge >= 0.3 is 0 Å². The van der Waals surface area contributed by atoms with Crippen molar-refractivity contribution < 1.29 is 8.78 Å². The van der Waals surface area contributed by atoms with Gasteiger partial charge in [-0.1, -0.05) is 24.5 Å². The predicted molar refractivity (Wildman–Crippen MR) is 62.2 cm³/mol. The van der Waals surface area contributed by atoms with Crippen LogP contribution in [0.25, 0.3) is 0 Å². The van der Waals surface area contributed by atoms with E-state index in [1.54, 1.807) is 0 Å². The van der Waals surface area contributed by atoms with Gasteiger partial charge in [0.05, 0.1) is 6.42 Å². The van der Waals surface area contributed by atoms with Crippen LogP contribution in [0.1, 0.15) is 32.6 Å². The fourth-order valence-electron chi connectivity index (χ4n) is 0.906. The highest BCUT2D eigenvalue weighted by Gasteiger charge is 2.26. The average molecular weight is 222 g/mol. The molecule has 0 aromatic rings. The highest BCUT2D eigenvalue weighted by Crippen LogP contribution is 2.33. The van der Waals surface area contributed by atoms with Crippen molar-refractivity contribution >= 4 is 10.0 Å². The summed E-state index contributed by atoms with van der Waals surface area (Å²) in [5, 5.41) is 2.91. The standard InChI is InChI=1S/C11H20F2S/c1-5-6-8-11(12,13)9-7-10-14(2,3)4/h5-6,8-9H2,1-4H3. The number of halogens is 2. The predicted octanol–water partition coefficient (Wildman–Crippen LogP) is 3.86. The van der Waals surface area contributed by atoms with Crippen LogP contribution in [-0.4, -0.2) is 24.7 Å². The van der Waals surface area contributed by atoms with Crippen molar-refractivity contribution in [2.75, 3.05) is 18.8 Å². The number of hydrogen-bond donors (Lipinski definition) is 0. The second-order valence-electron chi connectivity index (χ2n) is 4.25. The van der Waals surface area contributed by atoms with Crippen molar-refractivity contribution in [2.45, 2.75) is 38.5 Å². The summed E-state index contributed by atoms with van der Waals surface area (Å²) in [4.78, 5) is 0. The van der Waals surface area contributed by atoms with Crippen LogP contribution in [-0.2, 0) is 0 Å². The summed E-state index contributed by atoms with van der Waals surface area (Å²) in [6.07, 6.45) is 7.10. The molecule has 0 bridgehead atoms. The lowest BCUT2D eigenvalue weighted by Gasteiger charge is -2.16. The van der Waals surface area contributed by atoms with Crippen LogP contribution in [0.2, 0.25) is 0 Å². The molecule has 0 aromatic carbocycles. The molecule has 0 aliphatic heterocycles. The lowest BCUT2D eigenvalue weighted by atomic mass is 10.1. The van der Waals surface area contributed by atoms with E-state index < -0.39 is 16.0 Å². The van der Waals surface area contributed by atoms with Crippen LogP contribution in [0.3, 0.4) is 0 Å². The molecule has 84 valence electrons. The van der Waals surface area contributed by atoms with Gasteiger partial charge in [-0.3, -0.25) is 0 Å². The number of rotatable bonds is 4. The largest absolute Gasteiger partial charge is 0.258 e. The van der Waals surface area contributed by atoms with E-state index >= 15 is 0 Å². The lowest BCUT2D eigenvalue weighted by Crippen LogP contribution is -2.14. The summed E-state index contributed by atoms with van der Waals surface area (Å²) < 4.78 is 26.2. The van der Waals surface area contributed by atoms with Gasteiger partial charge < -0.3 is 0 Å². The van der Waals surface area contributed by atoms with Crippen molar-refractivity contribution in [1.29, 1.82) is 0 Å². The molecule has 0 unspecified atom stereocenters. The second-order valence-corrected chi connectivity index (χ2v) is 8.13. The van der Waals surface area contributed by atoms with Gasteiger partial charge in [0.2, 0.25) is 0 Å². The van der Waals surface area contributed by atoms with E-state index in [-0.39, 0.29) is 12.8 Å². The Hall–Kier alpha value is -0.230. The van der Waals surface area contributed by atoms with Gasteiger partial charge in [-0.15, -0.1) is 0 Å². The van der Waals surface area contributed by atoms with E-state index in [4.69, 9.17) is 0 Å². The molecule has 0 saturated heterocycles. The maximum absolute atomic E-state index is 13.1. The molecular weight excluding hydrogens is 202 g/mol. The fraction of sp³-hybridized carbons (Fsp3) is 0.818. The van der Waals surface area contributed by atoms with Crippen molar-refractivity contribution in [3.63, 3.8) is 0 Å². The number of alkyl halides is 2. The zero-order valence-electron chi connectivity index (χ0n) is 9.49. The third-order valence-electron chi connectivity index (χ3n) is 1.62. The van der Waals surface area contributed by atoms with Crippen LogP contribution < -0.4 is 0 Å². The van der Waals surface area contributed by atoms with Crippen molar-refractivity contribution in [3.05, 3.63) is 0 Å². The molecular formula is C11H20F2S. The van der Waals surface area contributed by atoms with Crippen LogP contribution in [0, 0.1) is 11.2 Å². The minimum absolute atomic E-state index is 0.0301. The molecule has 0 aliphatic rings. The van der Waals surface area contributed by atoms with Gasteiger partial charge in [0, 0.05) is 6.42 Å². The van der Waals surface area contributed by atoms with Gasteiger partial charge in [-0.2, -0.15) is 10.0 Å². The SMILES string of the molecule is CCCCC(F)(F)CC#CS(C)(C)C. The van der Waals surface area contributed by atoms with Gasteiger partial charge in [-0.25, -0.2) is 8.78 Å². The Labute approximate surface area is 87.8 Å². The molecule has 3 heteroatoms. The lowest BCUT2D eigenvalue weighted by molar-refractivity contribution is -0.00418. The summed E-state index contributed by atoms with van der Waals surface area (Å²) in [6.45, 7) is 1.92. The number of hydrogen-bond acceptors (Lipinski definition) is 0. The molecule has 0 amide bonds. The molecule has 0 atom stereocenters. The summed E-state index contributed by atoms with van der Waals surface area (Å²) in [6, 6.07) is 0. The van der Waals surface area contributed by atoms with Crippen LogP contribution >= 0.6 is 10.0 Å². The first kappa shape index (κ1) is 13.8.